The summed E-state index contributed by atoms with van der Waals surface area (Å²) in [5, 5.41) is 11.5. The first-order valence-corrected chi connectivity index (χ1v) is 15.5. The standard InChI is InChI=1S/C36H47N5O2/c1-23(2)30-20-32(24(3)4)35(33(21-30)25(5)6)38-36(29-14-16-31(17-15-29)41(42)43)40-19-11-18-39(22-40)28(9)37-34-26(7)12-10-13-27(34)8/h10,12-17,20-21,23-25H,11,18-19,22H2,1-9H3. The molecule has 0 N–H and O–H groups in total. The molecule has 1 saturated heterocycles. The Hall–Kier alpha value is -4.00. The Morgan fingerprint density at radius 2 is 1.35 bits per heavy atom. The van der Waals surface area contributed by atoms with E-state index in [4.69, 9.17) is 9.98 Å². The van der Waals surface area contributed by atoms with Crippen LogP contribution in [0, 0.1) is 24.0 Å². The van der Waals surface area contributed by atoms with Gasteiger partial charge in [-0.05, 0) is 84.9 Å². The average molecular weight is 582 g/mol. The molecule has 0 amide bonds. The lowest BCUT2D eigenvalue weighted by atomic mass is 9.87. The van der Waals surface area contributed by atoms with E-state index in [0.29, 0.717) is 12.6 Å². The van der Waals surface area contributed by atoms with Crippen LogP contribution < -0.4 is 0 Å². The first-order chi connectivity index (χ1) is 20.4. The number of non-ortho nitro benzene ring substituents is 1. The maximum Gasteiger partial charge on any atom is 0.269 e. The van der Waals surface area contributed by atoms with Crippen LogP contribution in [-0.2, 0) is 0 Å². The van der Waals surface area contributed by atoms with Crippen LogP contribution in [0.15, 0.2) is 64.6 Å². The Morgan fingerprint density at radius 1 is 0.791 bits per heavy atom. The molecule has 0 aliphatic carbocycles. The molecule has 3 aromatic carbocycles. The Kier molecular flexibility index (Phi) is 10.0. The molecule has 0 aromatic heterocycles. The third kappa shape index (κ3) is 7.32. The molecule has 1 aliphatic heterocycles. The van der Waals surface area contributed by atoms with E-state index < -0.39 is 0 Å². The van der Waals surface area contributed by atoms with Gasteiger partial charge in [0.05, 0.1) is 23.0 Å². The molecule has 7 heteroatoms. The largest absolute Gasteiger partial charge is 0.342 e. The number of nitrogens with zero attached hydrogens (tertiary/aromatic N) is 5. The van der Waals surface area contributed by atoms with Gasteiger partial charge in [0.15, 0.2) is 0 Å². The van der Waals surface area contributed by atoms with Gasteiger partial charge in [0.2, 0.25) is 0 Å². The number of nitro benzene ring substituents is 1. The van der Waals surface area contributed by atoms with Gasteiger partial charge < -0.3 is 9.80 Å². The number of aliphatic imine (C=N–C) groups is 2. The van der Waals surface area contributed by atoms with Crippen molar-refractivity contribution in [1.82, 2.24) is 9.80 Å². The maximum atomic E-state index is 11.5. The van der Waals surface area contributed by atoms with Gasteiger partial charge in [0.1, 0.15) is 11.7 Å². The van der Waals surface area contributed by atoms with Crippen molar-refractivity contribution >= 4 is 28.7 Å². The van der Waals surface area contributed by atoms with Crippen LogP contribution in [-0.4, -0.2) is 46.2 Å². The third-order valence-electron chi connectivity index (χ3n) is 8.32. The third-order valence-corrected chi connectivity index (χ3v) is 8.32. The first-order valence-electron chi connectivity index (χ1n) is 15.5. The quantitative estimate of drug-likeness (QED) is 0.121. The first kappa shape index (κ1) is 31.9. The van der Waals surface area contributed by atoms with Gasteiger partial charge in [0.25, 0.3) is 5.69 Å². The second-order valence-electron chi connectivity index (χ2n) is 12.7. The summed E-state index contributed by atoms with van der Waals surface area (Å²) in [5.41, 5.74) is 9.09. The van der Waals surface area contributed by atoms with Crippen molar-refractivity contribution in [3.63, 3.8) is 0 Å². The van der Waals surface area contributed by atoms with Crippen molar-refractivity contribution in [2.24, 2.45) is 9.98 Å². The van der Waals surface area contributed by atoms with E-state index in [2.05, 4.69) is 102 Å². The van der Waals surface area contributed by atoms with Gasteiger partial charge in [-0.25, -0.2) is 9.98 Å². The van der Waals surface area contributed by atoms with E-state index in [1.807, 2.05) is 12.1 Å². The van der Waals surface area contributed by atoms with E-state index in [9.17, 15) is 10.1 Å². The van der Waals surface area contributed by atoms with Crippen molar-refractivity contribution in [1.29, 1.82) is 0 Å². The lowest BCUT2D eigenvalue weighted by Crippen LogP contribution is -2.49. The van der Waals surface area contributed by atoms with E-state index in [0.717, 1.165) is 59.2 Å². The summed E-state index contributed by atoms with van der Waals surface area (Å²) < 4.78 is 0. The summed E-state index contributed by atoms with van der Waals surface area (Å²) in [6, 6.07) is 17.7. The average Bonchev–Trinajstić information content (AvgIpc) is 2.97. The van der Waals surface area contributed by atoms with E-state index >= 15 is 0 Å². The van der Waals surface area contributed by atoms with Crippen LogP contribution >= 0.6 is 0 Å². The summed E-state index contributed by atoms with van der Waals surface area (Å²) in [4.78, 5) is 26.3. The maximum absolute atomic E-state index is 11.5. The molecule has 0 spiro atoms. The van der Waals surface area contributed by atoms with Crippen molar-refractivity contribution in [2.75, 3.05) is 19.8 Å². The number of nitro groups is 1. The van der Waals surface area contributed by atoms with Crippen LogP contribution in [0.1, 0.15) is 106 Å². The Morgan fingerprint density at radius 3 is 1.86 bits per heavy atom. The smallest absolute Gasteiger partial charge is 0.269 e. The molecule has 0 saturated carbocycles. The molecule has 1 aliphatic rings. The lowest BCUT2D eigenvalue weighted by molar-refractivity contribution is -0.384. The highest BCUT2D eigenvalue weighted by Crippen LogP contribution is 2.39. The van der Waals surface area contributed by atoms with E-state index in [1.54, 1.807) is 12.1 Å². The summed E-state index contributed by atoms with van der Waals surface area (Å²) in [6.45, 7) is 22.0. The topological polar surface area (TPSA) is 74.3 Å². The molecule has 1 heterocycles. The fourth-order valence-corrected chi connectivity index (χ4v) is 5.65. The molecule has 4 rings (SSSR count). The molecule has 43 heavy (non-hydrogen) atoms. The van der Waals surface area contributed by atoms with Crippen LogP contribution in [0.2, 0.25) is 0 Å². The number of hydrogen-bond acceptors (Lipinski definition) is 4. The van der Waals surface area contributed by atoms with Crippen molar-refractivity contribution in [3.8, 4) is 0 Å². The van der Waals surface area contributed by atoms with Crippen molar-refractivity contribution < 1.29 is 4.92 Å². The lowest BCUT2D eigenvalue weighted by Gasteiger charge is -2.39. The number of para-hydroxylation sites is 1. The fourth-order valence-electron chi connectivity index (χ4n) is 5.65. The number of amidine groups is 2. The van der Waals surface area contributed by atoms with Gasteiger partial charge in [-0.3, -0.25) is 10.1 Å². The highest BCUT2D eigenvalue weighted by Gasteiger charge is 2.25. The van der Waals surface area contributed by atoms with Crippen LogP contribution in [0.5, 0.6) is 0 Å². The number of rotatable bonds is 7. The molecule has 0 unspecified atom stereocenters. The predicted molar refractivity (Wildman–Crippen MR) is 180 cm³/mol. The highest BCUT2D eigenvalue weighted by atomic mass is 16.6. The molecule has 1 fully saturated rings. The summed E-state index contributed by atoms with van der Waals surface area (Å²) in [6.07, 6.45) is 0.950. The zero-order valence-electron chi connectivity index (χ0n) is 27.3. The second kappa shape index (κ2) is 13.5. The zero-order chi connectivity index (χ0) is 31.4. The van der Waals surface area contributed by atoms with Gasteiger partial charge in [-0.15, -0.1) is 0 Å². The molecule has 0 radical (unpaired) electrons. The molecule has 0 atom stereocenters. The Labute approximate surface area is 257 Å². The zero-order valence-corrected chi connectivity index (χ0v) is 27.3. The number of hydrogen-bond donors (Lipinski definition) is 0. The Balaban J connectivity index is 1.85. The highest BCUT2D eigenvalue weighted by molar-refractivity contribution is 6.01. The normalized spacial score (nSPS) is 14.8. The molecule has 228 valence electrons. The van der Waals surface area contributed by atoms with E-state index in [-0.39, 0.29) is 22.4 Å². The number of benzene rings is 3. The second-order valence-corrected chi connectivity index (χ2v) is 12.7. The van der Waals surface area contributed by atoms with E-state index in [1.165, 1.54) is 16.7 Å². The summed E-state index contributed by atoms with van der Waals surface area (Å²) >= 11 is 0. The SMILES string of the molecule is CC(=Nc1c(C)cccc1C)N1CCCN(C(=Nc2c(C(C)C)cc(C(C)C)cc2C(C)C)c2ccc([N+](=O)[O-])cc2)C1. The Bertz CT molecular complexity index is 1470. The molecule has 0 bridgehead atoms. The fraction of sp³-hybridized carbons (Fsp3) is 0.444. The molecular weight excluding hydrogens is 534 g/mol. The predicted octanol–water partition coefficient (Wildman–Crippen LogP) is 9.38. The van der Waals surface area contributed by atoms with Gasteiger partial charge in [-0.2, -0.15) is 0 Å². The minimum atomic E-state index is -0.352. The van der Waals surface area contributed by atoms with Gasteiger partial charge in [-0.1, -0.05) is 71.9 Å². The number of aryl methyl sites for hydroxylation is 2. The summed E-state index contributed by atoms with van der Waals surface area (Å²) in [5.74, 6) is 2.80. The van der Waals surface area contributed by atoms with Crippen LogP contribution in [0.4, 0.5) is 17.1 Å². The summed E-state index contributed by atoms with van der Waals surface area (Å²) in [7, 11) is 0. The minimum Gasteiger partial charge on any atom is -0.342 e. The molecule has 3 aromatic rings. The van der Waals surface area contributed by atoms with Gasteiger partial charge in [0, 0.05) is 30.8 Å². The van der Waals surface area contributed by atoms with Crippen molar-refractivity contribution in [2.45, 2.75) is 86.5 Å². The van der Waals surface area contributed by atoms with Crippen molar-refractivity contribution in [3.05, 3.63) is 98.1 Å². The molecule has 7 nitrogen and oxygen atoms in total. The van der Waals surface area contributed by atoms with Gasteiger partial charge >= 0.3 is 0 Å². The molecular formula is C36H47N5O2. The van der Waals surface area contributed by atoms with Crippen LogP contribution in [0.25, 0.3) is 0 Å². The van der Waals surface area contributed by atoms with Crippen LogP contribution in [0.3, 0.4) is 0 Å². The monoisotopic (exact) mass is 581 g/mol. The minimum absolute atomic E-state index is 0.0759.